The van der Waals surface area contributed by atoms with Gasteiger partial charge in [0.1, 0.15) is 0 Å². The highest BCUT2D eigenvalue weighted by molar-refractivity contribution is 5.90. The number of esters is 1. The van der Waals surface area contributed by atoms with Crippen LogP contribution in [0.5, 0.6) is 0 Å². The minimum atomic E-state index is -1.15. The third-order valence-corrected chi connectivity index (χ3v) is 1.60. The van der Waals surface area contributed by atoms with Crippen LogP contribution in [0.1, 0.15) is 32.6 Å². The highest BCUT2D eigenvalue weighted by atomic mass is 16.5. The van der Waals surface area contributed by atoms with Crippen molar-refractivity contribution in [2.45, 2.75) is 32.6 Å². The second-order valence-corrected chi connectivity index (χ2v) is 2.90. The molecule has 4 nitrogen and oxygen atoms in total. The van der Waals surface area contributed by atoms with Crippen molar-refractivity contribution in [3.63, 3.8) is 0 Å². The molecular formula is C10H16O4. The van der Waals surface area contributed by atoms with Gasteiger partial charge in [-0.1, -0.05) is 26.2 Å². The molecule has 0 aromatic carbocycles. The molecule has 0 fully saturated rings. The third-order valence-electron chi connectivity index (χ3n) is 1.60. The molecule has 14 heavy (non-hydrogen) atoms. The summed E-state index contributed by atoms with van der Waals surface area (Å²) < 4.78 is 4.75. The number of carboxylic acid groups (broad SMARTS) is 1. The first-order valence-corrected chi connectivity index (χ1v) is 4.74. The Morgan fingerprint density at radius 3 is 2.50 bits per heavy atom. The summed E-state index contributed by atoms with van der Waals surface area (Å²) in [5.41, 5.74) is 0. The standard InChI is InChI=1S/C10H16O4/c1-2-3-4-5-8-14-10(13)7-6-9(11)12/h6-7H,2-5,8H2,1H3,(H,11,12)/b7-6+. The molecule has 0 saturated heterocycles. The van der Waals surface area contributed by atoms with Crippen LogP contribution in [0.15, 0.2) is 12.2 Å². The zero-order valence-corrected chi connectivity index (χ0v) is 8.36. The Morgan fingerprint density at radius 1 is 1.21 bits per heavy atom. The van der Waals surface area contributed by atoms with E-state index in [1.807, 2.05) is 0 Å². The van der Waals surface area contributed by atoms with E-state index in [1.54, 1.807) is 0 Å². The van der Waals surface area contributed by atoms with Gasteiger partial charge in [-0.05, 0) is 6.42 Å². The molecular weight excluding hydrogens is 184 g/mol. The maximum atomic E-state index is 10.8. The molecule has 0 amide bonds. The van der Waals surface area contributed by atoms with Crippen molar-refractivity contribution in [1.82, 2.24) is 0 Å². The molecule has 0 aliphatic rings. The molecule has 0 aliphatic heterocycles. The summed E-state index contributed by atoms with van der Waals surface area (Å²) in [5, 5.41) is 8.21. The largest absolute Gasteiger partial charge is 0.478 e. The van der Waals surface area contributed by atoms with Gasteiger partial charge in [-0.2, -0.15) is 0 Å². The fraction of sp³-hybridized carbons (Fsp3) is 0.600. The molecule has 0 rings (SSSR count). The van der Waals surface area contributed by atoms with Crippen LogP contribution in [-0.2, 0) is 14.3 Å². The molecule has 0 aromatic heterocycles. The van der Waals surface area contributed by atoms with E-state index in [4.69, 9.17) is 9.84 Å². The molecule has 0 spiro atoms. The quantitative estimate of drug-likeness (QED) is 0.386. The summed E-state index contributed by atoms with van der Waals surface area (Å²) in [6.45, 7) is 2.46. The van der Waals surface area contributed by atoms with Crippen LogP contribution in [0.25, 0.3) is 0 Å². The zero-order chi connectivity index (χ0) is 10.8. The second kappa shape index (κ2) is 8.29. The first kappa shape index (κ1) is 12.7. The first-order chi connectivity index (χ1) is 6.66. The van der Waals surface area contributed by atoms with E-state index >= 15 is 0 Å². The summed E-state index contributed by atoms with van der Waals surface area (Å²) in [7, 11) is 0. The van der Waals surface area contributed by atoms with Gasteiger partial charge in [-0.3, -0.25) is 0 Å². The van der Waals surface area contributed by atoms with Crippen LogP contribution < -0.4 is 0 Å². The third kappa shape index (κ3) is 8.77. The molecule has 0 saturated carbocycles. The van der Waals surface area contributed by atoms with E-state index in [0.29, 0.717) is 6.61 Å². The van der Waals surface area contributed by atoms with Crippen molar-refractivity contribution in [1.29, 1.82) is 0 Å². The molecule has 0 radical (unpaired) electrons. The van der Waals surface area contributed by atoms with E-state index in [-0.39, 0.29) is 0 Å². The average Bonchev–Trinajstić information content (AvgIpc) is 2.14. The number of carbonyl (C=O) groups is 2. The molecule has 80 valence electrons. The number of aliphatic carboxylic acids is 1. The van der Waals surface area contributed by atoms with E-state index in [1.165, 1.54) is 0 Å². The van der Waals surface area contributed by atoms with Crippen LogP contribution >= 0.6 is 0 Å². The molecule has 0 heterocycles. The summed E-state index contributed by atoms with van der Waals surface area (Å²) >= 11 is 0. The lowest BCUT2D eigenvalue weighted by Gasteiger charge is -2.00. The molecule has 1 N–H and O–H groups in total. The highest BCUT2D eigenvalue weighted by Crippen LogP contribution is 1.99. The van der Waals surface area contributed by atoms with E-state index < -0.39 is 11.9 Å². The number of hydrogen-bond acceptors (Lipinski definition) is 3. The van der Waals surface area contributed by atoms with Crippen LogP contribution in [0.3, 0.4) is 0 Å². The predicted molar refractivity (Wildman–Crippen MR) is 51.9 cm³/mol. The number of unbranched alkanes of at least 4 members (excludes halogenated alkanes) is 3. The van der Waals surface area contributed by atoms with Crippen molar-refractivity contribution < 1.29 is 19.4 Å². The Labute approximate surface area is 83.6 Å². The maximum absolute atomic E-state index is 10.8. The second-order valence-electron chi connectivity index (χ2n) is 2.90. The number of carbonyl (C=O) groups excluding carboxylic acids is 1. The average molecular weight is 200 g/mol. The highest BCUT2D eigenvalue weighted by Gasteiger charge is 1.97. The van der Waals surface area contributed by atoms with Crippen molar-refractivity contribution in [3.05, 3.63) is 12.2 Å². The molecule has 0 aromatic rings. The van der Waals surface area contributed by atoms with Crippen molar-refractivity contribution in [3.8, 4) is 0 Å². The number of carboxylic acids is 1. The first-order valence-electron chi connectivity index (χ1n) is 4.74. The lowest BCUT2D eigenvalue weighted by atomic mass is 10.2. The van der Waals surface area contributed by atoms with Gasteiger partial charge >= 0.3 is 11.9 Å². The smallest absolute Gasteiger partial charge is 0.331 e. The van der Waals surface area contributed by atoms with Gasteiger partial charge in [-0.15, -0.1) is 0 Å². The molecule has 0 unspecified atom stereocenters. The normalized spacial score (nSPS) is 10.4. The maximum Gasteiger partial charge on any atom is 0.331 e. The molecule has 0 aliphatic carbocycles. The van der Waals surface area contributed by atoms with Gasteiger partial charge < -0.3 is 9.84 Å². The summed E-state index contributed by atoms with van der Waals surface area (Å²) in [5.74, 6) is -1.74. The van der Waals surface area contributed by atoms with Gasteiger partial charge in [0, 0.05) is 12.2 Å². The number of rotatable bonds is 7. The minimum absolute atomic E-state index is 0.364. The Kier molecular flexibility index (Phi) is 7.50. The Bertz CT molecular complexity index is 208. The fourth-order valence-corrected chi connectivity index (χ4v) is 0.889. The van der Waals surface area contributed by atoms with Gasteiger partial charge in [-0.25, -0.2) is 9.59 Å². The van der Waals surface area contributed by atoms with E-state index in [2.05, 4.69) is 6.92 Å². The molecule has 4 heteroatoms. The minimum Gasteiger partial charge on any atom is -0.478 e. The van der Waals surface area contributed by atoms with Gasteiger partial charge in [0.15, 0.2) is 0 Å². The summed E-state index contributed by atoms with van der Waals surface area (Å²) in [4.78, 5) is 20.8. The Hall–Kier alpha value is -1.32. The lowest BCUT2D eigenvalue weighted by molar-refractivity contribution is -0.138. The monoisotopic (exact) mass is 200 g/mol. The van der Waals surface area contributed by atoms with Crippen molar-refractivity contribution in [2.24, 2.45) is 0 Å². The van der Waals surface area contributed by atoms with Gasteiger partial charge in [0.25, 0.3) is 0 Å². The summed E-state index contributed by atoms with van der Waals surface area (Å²) in [6.07, 6.45) is 5.82. The Morgan fingerprint density at radius 2 is 1.93 bits per heavy atom. The van der Waals surface area contributed by atoms with Crippen LogP contribution in [0.2, 0.25) is 0 Å². The molecule has 0 atom stereocenters. The zero-order valence-electron chi connectivity index (χ0n) is 8.36. The number of ether oxygens (including phenoxy) is 1. The predicted octanol–water partition coefficient (Wildman–Crippen LogP) is 1.75. The van der Waals surface area contributed by atoms with Crippen LogP contribution in [-0.4, -0.2) is 23.7 Å². The van der Waals surface area contributed by atoms with E-state index in [0.717, 1.165) is 37.8 Å². The van der Waals surface area contributed by atoms with Gasteiger partial charge in [0.2, 0.25) is 0 Å². The van der Waals surface area contributed by atoms with Crippen LogP contribution in [0.4, 0.5) is 0 Å². The summed E-state index contributed by atoms with van der Waals surface area (Å²) in [6, 6.07) is 0. The topological polar surface area (TPSA) is 63.6 Å². The van der Waals surface area contributed by atoms with Crippen LogP contribution in [0, 0.1) is 0 Å². The number of hydrogen-bond donors (Lipinski definition) is 1. The van der Waals surface area contributed by atoms with E-state index in [9.17, 15) is 9.59 Å². The molecule has 0 bridgehead atoms. The lowest BCUT2D eigenvalue weighted by Crippen LogP contribution is -2.03. The SMILES string of the molecule is CCCCCCOC(=O)/C=C/C(=O)O. The van der Waals surface area contributed by atoms with Gasteiger partial charge in [0.05, 0.1) is 6.61 Å². The van der Waals surface area contributed by atoms with Crippen molar-refractivity contribution >= 4 is 11.9 Å². The Balaban J connectivity index is 3.40. The van der Waals surface area contributed by atoms with Crippen molar-refractivity contribution in [2.75, 3.05) is 6.61 Å². The fourth-order valence-electron chi connectivity index (χ4n) is 0.889.